The lowest BCUT2D eigenvalue weighted by Gasteiger charge is -2.06. The standard InChI is InChI=1S/C24H20N4O2S/c29-22(26-20-8-6-17(7-9-20)14-18-10-12-25-13-11-18)15-21-16-31-24(27-21)28-23(30)19-4-2-1-3-5-19/h1-13,16H,14-15H2,(H,26,29)(H,27,28,30). The number of pyridine rings is 1. The van der Waals surface area contributed by atoms with E-state index in [0.29, 0.717) is 16.4 Å². The molecule has 6 nitrogen and oxygen atoms in total. The Hall–Kier alpha value is -3.84. The van der Waals surface area contributed by atoms with E-state index in [9.17, 15) is 9.59 Å². The molecule has 0 bridgehead atoms. The Morgan fingerprint density at radius 2 is 1.55 bits per heavy atom. The average molecular weight is 429 g/mol. The lowest BCUT2D eigenvalue weighted by molar-refractivity contribution is -0.115. The summed E-state index contributed by atoms with van der Waals surface area (Å²) in [4.78, 5) is 32.9. The molecule has 4 rings (SSSR count). The number of hydrogen-bond donors (Lipinski definition) is 2. The summed E-state index contributed by atoms with van der Waals surface area (Å²) < 4.78 is 0. The summed E-state index contributed by atoms with van der Waals surface area (Å²) in [7, 11) is 0. The number of benzene rings is 2. The number of thiazole rings is 1. The van der Waals surface area contributed by atoms with Gasteiger partial charge in [0.2, 0.25) is 5.91 Å². The molecule has 0 atom stereocenters. The molecule has 0 aliphatic rings. The topological polar surface area (TPSA) is 84.0 Å². The highest BCUT2D eigenvalue weighted by atomic mass is 32.1. The summed E-state index contributed by atoms with van der Waals surface area (Å²) in [6.07, 6.45) is 4.51. The number of carbonyl (C=O) groups is 2. The maximum Gasteiger partial charge on any atom is 0.257 e. The van der Waals surface area contributed by atoms with Crippen LogP contribution in [0.2, 0.25) is 0 Å². The number of aromatic nitrogens is 2. The summed E-state index contributed by atoms with van der Waals surface area (Å²) >= 11 is 1.30. The zero-order valence-corrected chi connectivity index (χ0v) is 17.4. The second kappa shape index (κ2) is 9.77. The molecule has 154 valence electrons. The summed E-state index contributed by atoms with van der Waals surface area (Å²) in [5.74, 6) is -0.383. The normalized spacial score (nSPS) is 10.5. The summed E-state index contributed by atoms with van der Waals surface area (Å²) in [6.45, 7) is 0. The monoisotopic (exact) mass is 428 g/mol. The van der Waals surface area contributed by atoms with Gasteiger partial charge >= 0.3 is 0 Å². The van der Waals surface area contributed by atoms with Crippen LogP contribution in [0.15, 0.2) is 84.5 Å². The molecular weight excluding hydrogens is 408 g/mol. The van der Waals surface area contributed by atoms with Gasteiger partial charge in [-0.25, -0.2) is 4.98 Å². The molecule has 0 fully saturated rings. The first kappa shape index (κ1) is 20.4. The average Bonchev–Trinajstić information content (AvgIpc) is 3.23. The number of amides is 2. The Labute approximate surface area is 184 Å². The Morgan fingerprint density at radius 1 is 0.839 bits per heavy atom. The Bertz CT molecular complexity index is 1160. The van der Waals surface area contributed by atoms with Crippen LogP contribution < -0.4 is 10.6 Å². The minimum Gasteiger partial charge on any atom is -0.326 e. The van der Waals surface area contributed by atoms with Gasteiger partial charge in [0, 0.05) is 29.0 Å². The molecule has 2 aromatic carbocycles. The lowest BCUT2D eigenvalue weighted by Crippen LogP contribution is -2.15. The van der Waals surface area contributed by atoms with Crippen LogP contribution in [-0.4, -0.2) is 21.8 Å². The molecule has 7 heteroatoms. The number of nitrogens with one attached hydrogen (secondary N) is 2. The predicted molar refractivity (Wildman–Crippen MR) is 122 cm³/mol. The summed E-state index contributed by atoms with van der Waals surface area (Å²) in [5, 5.41) is 7.89. The quantitative estimate of drug-likeness (QED) is 0.452. The highest BCUT2D eigenvalue weighted by Gasteiger charge is 2.11. The van der Waals surface area contributed by atoms with Crippen molar-refractivity contribution in [1.82, 2.24) is 9.97 Å². The maximum atomic E-state index is 12.4. The molecule has 0 radical (unpaired) electrons. The fourth-order valence-electron chi connectivity index (χ4n) is 3.02. The molecule has 0 unspecified atom stereocenters. The first-order valence-corrected chi connectivity index (χ1v) is 10.6. The molecule has 2 amide bonds. The number of nitrogens with zero attached hydrogens (tertiary/aromatic N) is 2. The van der Waals surface area contributed by atoms with Crippen molar-refractivity contribution in [2.45, 2.75) is 12.8 Å². The molecule has 31 heavy (non-hydrogen) atoms. The van der Waals surface area contributed by atoms with Gasteiger partial charge in [-0.1, -0.05) is 30.3 Å². The van der Waals surface area contributed by atoms with E-state index in [1.165, 1.54) is 16.9 Å². The molecule has 2 heterocycles. The van der Waals surface area contributed by atoms with Crippen molar-refractivity contribution >= 4 is 34.0 Å². The van der Waals surface area contributed by atoms with E-state index in [1.54, 1.807) is 42.0 Å². The first-order valence-electron chi connectivity index (χ1n) is 9.74. The van der Waals surface area contributed by atoms with Gasteiger partial charge in [0.15, 0.2) is 5.13 Å². The third kappa shape index (κ3) is 5.83. The molecule has 0 aliphatic carbocycles. The van der Waals surface area contributed by atoms with Crippen molar-refractivity contribution in [2.75, 3.05) is 10.6 Å². The number of anilines is 2. The Morgan fingerprint density at radius 3 is 2.29 bits per heavy atom. The van der Waals surface area contributed by atoms with Crippen molar-refractivity contribution < 1.29 is 9.59 Å². The highest BCUT2D eigenvalue weighted by Crippen LogP contribution is 2.18. The fourth-order valence-corrected chi connectivity index (χ4v) is 3.72. The smallest absolute Gasteiger partial charge is 0.257 e. The van der Waals surface area contributed by atoms with E-state index in [1.807, 2.05) is 42.5 Å². The van der Waals surface area contributed by atoms with Crippen molar-refractivity contribution in [3.63, 3.8) is 0 Å². The Balaban J connectivity index is 1.29. The maximum absolute atomic E-state index is 12.4. The molecule has 0 aliphatic heterocycles. The lowest BCUT2D eigenvalue weighted by atomic mass is 10.1. The second-order valence-electron chi connectivity index (χ2n) is 6.92. The SMILES string of the molecule is O=C(Cc1csc(NC(=O)c2ccccc2)n1)Nc1ccc(Cc2ccncc2)cc1. The minimum absolute atomic E-state index is 0.135. The van der Waals surface area contributed by atoms with E-state index in [4.69, 9.17) is 0 Å². The van der Waals surface area contributed by atoms with Crippen molar-refractivity contribution in [3.05, 3.63) is 107 Å². The van der Waals surface area contributed by atoms with E-state index in [2.05, 4.69) is 20.6 Å². The van der Waals surface area contributed by atoms with Crippen LogP contribution in [0.4, 0.5) is 10.8 Å². The largest absolute Gasteiger partial charge is 0.326 e. The van der Waals surface area contributed by atoms with Crippen molar-refractivity contribution in [2.24, 2.45) is 0 Å². The molecule has 0 saturated heterocycles. The molecule has 0 saturated carbocycles. The van der Waals surface area contributed by atoms with E-state index in [-0.39, 0.29) is 18.2 Å². The number of carbonyl (C=O) groups excluding carboxylic acids is 2. The van der Waals surface area contributed by atoms with Crippen LogP contribution in [0.5, 0.6) is 0 Å². The van der Waals surface area contributed by atoms with Crippen molar-refractivity contribution in [3.8, 4) is 0 Å². The molecule has 2 N–H and O–H groups in total. The van der Waals surface area contributed by atoms with Gasteiger partial charge in [-0.3, -0.25) is 19.9 Å². The van der Waals surface area contributed by atoms with Crippen LogP contribution in [0.3, 0.4) is 0 Å². The van der Waals surface area contributed by atoms with Gasteiger partial charge in [0.1, 0.15) is 0 Å². The molecule has 4 aromatic rings. The van der Waals surface area contributed by atoms with Crippen LogP contribution in [0.1, 0.15) is 27.2 Å². The van der Waals surface area contributed by atoms with Gasteiger partial charge in [-0.05, 0) is 53.9 Å². The van der Waals surface area contributed by atoms with Gasteiger partial charge in [0.05, 0.1) is 12.1 Å². The third-order valence-corrected chi connectivity index (χ3v) is 5.35. The van der Waals surface area contributed by atoms with Gasteiger partial charge < -0.3 is 5.32 Å². The van der Waals surface area contributed by atoms with Crippen LogP contribution in [0, 0.1) is 0 Å². The minimum atomic E-state index is -0.224. The zero-order chi connectivity index (χ0) is 21.5. The van der Waals surface area contributed by atoms with Gasteiger partial charge in [0.25, 0.3) is 5.91 Å². The van der Waals surface area contributed by atoms with E-state index < -0.39 is 0 Å². The van der Waals surface area contributed by atoms with Crippen molar-refractivity contribution in [1.29, 1.82) is 0 Å². The third-order valence-electron chi connectivity index (χ3n) is 4.55. The predicted octanol–water partition coefficient (Wildman–Crippen LogP) is 4.56. The molecular formula is C24H20N4O2S. The number of rotatable bonds is 7. The fraction of sp³-hybridized carbons (Fsp3) is 0.0833. The van der Waals surface area contributed by atoms with Gasteiger partial charge in [-0.2, -0.15) is 0 Å². The number of hydrogen-bond acceptors (Lipinski definition) is 5. The molecule has 0 spiro atoms. The summed E-state index contributed by atoms with van der Waals surface area (Å²) in [6, 6.07) is 20.7. The van der Waals surface area contributed by atoms with Gasteiger partial charge in [-0.15, -0.1) is 11.3 Å². The second-order valence-corrected chi connectivity index (χ2v) is 7.78. The highest BCUT2D eigenvalue weighted by molar-refractivity contribution is 7.14. The van der Waals surface area contributed by atoms with Crippen LogP contribution in [0.25, 0.3) is 0 Å². The first-order chi connectivity index (χ1) is 15.2. The molecule has 2 aromatic heterocycles. The van der Waals surface area contributed by atoms with Crippen LogP contribution in [-0.2, 0) is 17.6 Å². The van der Waals surface area contributed by atoms with E-state index in [0.717, 1.165) is 17.7 Å². The zero-order valence-electron chi connectivity index (χ0n) is 16.6. The summed E-state index contributed by atoms with van der Waals surface area (Å²) in [5.41, 5.74) is 4.24. The van der Waals surface area contributed by atoms with Crippen LogP contribution >= 0.6 is 11.3 Å². The van der Waals surface area contributed by atoms with E-state index >= 15 is 0 Å². The Kier molecular flexibility index (Phi) is 6.44.